The lowest BCUT2D eigenvalue weighted by atomic mass is 10.0. The van der Waals surface area contributed by atoms with Crippen molar-refractivity contribution in [2.75, 3.05) is 10.7 Å². The number of amides is 1. The Hall–Kier alpha value is -4.65. The van der Waals surface area contributed by atoms with Crippen molar-refractivity contribution in [2.45, 2.75) is 5.37 Å². The maximum atomic E-state index is 13.7. The van der Waals surface area contributed by atoms with Gasteiger partial charge in [-0.25, -0.2) is 4.98 Å². The molecule has 1 atom stereocenters. The lowest BCUT2D eigenvalue weighted by molar-refractivity contribution is -0.115. The summed E-state index contributed by atoms with van der Waals surface area (Å²) in [6.07, 6.45) is 0. The van der Waals surface area contributed by atoms with Crippen LogP contribution in [-0.4, -0.2) is 21.2 Å². The molecule has 0 spiro atoms. The summed E-state index contributed by atoms with van der Waals surface area (Å²) < 4.78 is 1.68. The summed E-state index contributed by atoms with van der Waals surface area (Å²) in [6, 6.07) is 40.8. The first-order chi connectivity index (χ1) is 20.6. The molecule has 1 fully saturated rings. The fourth-order valence-electron chi connectivity index (χ4n) is 5.35. The number of carbonyl (C=O) groups is 1. The standard InChI is InChI=1S/C35H24ClN3O2S/c36-27-16-10-26(11-17-27)35-38(32(40)22-42-35)28-18-12-23(13-19-28)24-14-20-29(21-15-24)39-33(25-6-2-1-3-7-25)37-31-9-5-4-8-30(31)34(39)41/h1-21,35H,22H2. The monoisotopic (exact) mass is 585 g/mol. The molecule has 7 rings (SSSR count). The van der Waals surface area contributed by atoms with Crippen LogP contribution in [0, 0.1) is 0 Å². The zero-order chi connectivity index (χ0) is 28.6. The average Bonchev–Trinajstić information content (AvgIpc) is 3.43. The topological polar surface area (TPSA) is 55.2 Å². The van der Waals surface area contributed by atoms with Gasteiger partial charge in [0.2, 0.25) is 5.91 Å². The Labute approximate surface area is 252 Å². The van der Waals surface area contributed by atoms with Crippen LogP contribution in [0.1, 0.15) is 10.9 Å². The van der Waals surface area contributed by atoms with E-state index in [1.165, 1.54) is 0 Å². The van der Waals surface area contributed by atoms with Crippen LogP contribution in [-0.2, 0) is 4.79 Å². The molecule has 5 aromatic carbocycles. The number of aromatic nitrogens is 2. The molecule has 0 saturated carbocycles. The third-order valence-corrected chi connectivity index (χ3v) is 8.90. The zero-order valence-corrected chi connectivity index (χ0v) is 23.9. The van der Waals surface area contributed by atoms with E-state index in [1.54, 1.807) is 16.3 Å². The van der Waals surface area contributed by atoms with Crippen molar-refractivity contribution in [3.05, 3.63) is 148 Å². The van der Waals surface area contributed by atoms with Gasteiger partial charge in [-0.15, -0.1) is 11.8 Å². The molecule has 7 heteroatoms. The number of hydrogen-bond acceptors (Lipinski definition) is 4. The normalized spacial score (nSPS) is 14.9. The number of thioether (sulfide) groups is 1. The summed E-state index contributed by atoms with van der Waals surface area (Å²) in [5.74, 6) is 1.12. The number of benzene rings is 5. The Morgan fingerprint density at radius 2 is 1.29 bits per heavy atom. The van der Waals surface area contributed by atoms with Gasteiger partial charge in [0.1, 0.15) is 11.2 Å². The van der Waals surface area contributed by atoms with E-state index in [0.717, 1.165) is 33.6 Å². The number of fused-ring (bicyclic) bond motifs is 1. The molecular formula is C35H24ClN3O2S. The first kappa shape index (κ1) is 26.3. The van der Waals surface area contributed by atoms with Crippen LogP contribution in [0.4, 0.5) is 5.69 Å². The Morgan fingerprint density at radius 1 is 0.667 bits per heavy atom. The van der Waals surface area contributed by atoms with Gasteiger partial charge in [-0.1, -0.05) is 90.5 Å². The lowest BCUT2D eigenvalue weighted by Gasteiger charge is -2.24. The molecule has 1 saturated heterocycles. The SMILES string of the molecule is O=C1CSC(c2ccc(Cl)cc2)N1c1ccc(-c2ccc(-n3c(-c4ccccc4)nc4ccccc4c3=O)cc2)cc1. The highest BCUT2D eigenvalue weighted by molar-refractivity contribution is 8.00. The minimum Gasteiger partial charge on any atom is -0.295 e. The molecule has 0 aliphatic carbocycles. The second-order valence-corrected chi connectivity index (χ2v) is 11.5. The molecule has 0 radical (unpaired) electrons. The van der Waals surface area contributed by atoms with Crippen molar-refractivity contribution in [1.82, 2.24) is 9.55 Å². The van der Waals surface area contributed by atoms with Crippen LogP contribution in [0.25, 0.3) is 39.1 Å². The average molecular weight is 586 g/mol. The Morgan fingerprint density at radius 3 is 1.98 bits per heavy atom. The van der Waals surface area contributed by atoms with Crippen LogP contribution in [0.5, 0.6) is 0 Å². The van der Waals surface area contributed by atoms with Crippen molar-refractivity contribution in [1.29, 1.82) is 0 Å². The molecule has 0 bridgehead atoms. The van der Waals surface area contributed by atoms with Crippen molar-refractivity contribution in [3.8, 4) is 28.2 Å². The largest absolute Gasteiger partial charge is 0.295 e. The maximum absolute atomic E-state index is 13.7. The summed E-state index contributed by atoms with van der Waals surface area (Å²) in [4.78, 5) is 33.3. The van der Waals surface area contributed by atoms with Crippen molar-refractivity contribution in [3.63, 3.8) is 0 Å². The van der Waals surface area contributed by atoms with Gasteiger partial charge in [0, 0.05) is 16.3 Å². The van der Waals surface area contributed by atoms with Gasteiger partial charge in [0.15, 0.2) is 0 Å². The fourth-order valence-corrected chi connectivity index (χ4v) is 6.65. The quantitative estimate of drug-likeness (QED) is 0.205. The predicted octanol–water partition coefficient (Wildman–Crippen LogP) is 8.15. The minimum absolute atomic E-state index is 0.0840. The minimum atomic E-state index is -0.111. The smallest absolute Gasteiger partial charge is 0.266 e. The maximum Gasteiger partial charge on any atom is 0.266 e. The summed E-state index contributed by atoms with van der Waals surface area (Å²) in [6.45, 7) is 0. The van der Waals surface area contributed by atoms with Gasteiger partial charge in [0.25, 0.3) is 5.56 Å². The molecule has 2 heterocycles. The van der Waals surface area contributed by atoms with Gasteiger partial charge < -0.3 is 0 Å². The number of para-hydroxylation sites is 1. The number of hydrogen-bond donors (Lipinski definition) is 0. The third-order valence-electron chi connectivity index (χ3n) is 7.44. The van der Waals surface area contributed by atoms with E-state index in [0.29, 0.717) is 27.5 Å². The molecule has 0 N–H and O–H groups in total. The van der Waals surface area contributed by atoms with Crippen LogP contribution in [0.15, 0.2) is 132 Å². The molecule has 1 aromatic heterocycles. The summed E-state index contributed by atoms with van der Waals surface area (Å²) in [5.41, 5.74) is 6.08. The molecular weight excluding hydrogens is 562 g/mol. The first-order valence-electron chi connectivity index (χ1n) is 13.5. The van der Waals surface area contributed by atoms with E-state index in [4.69, 9.17) is 16.6 Å². The molecule has 1 aliphatic rings. The highest BCUT2D eigenvalue weighted by Gasteiger charge is 2.34. The number of halogens is 1. The van der Waals surface area contributed by atoms with E-state index in [1.807, 2.05) is 132 Å². The van der Waals surface area contributed by atoms with E-state index < -0.39 is 0 Å². The molecule has 5 nitrogen and oxygen atoms in total. The first-order valence-corrected chi connectivity index (χ1v) is 15.0. The summed E-state index contributed by atoms with van der Waals surface area (Å²) in [7, 11) is 0. The van der Waals surface area contributed by atoms with Gasteiger partial charge in [-0.2, -0.15) is 0 Å². The van der Waals surface area contributed by atoms with E-state index in [9.17, 15) is 9.59 Å². The van der Waals surface area contributed by atoms with Crippen LogP contribution in [0.3, 0.4) is 0 Å². The second-order valence-electron chi connectivity index (χ2n) is 10.0. The lowest BCUT2D eigenvalue weighted by Crippen LogP contribution is -2.27. The highest BCUT2D eigenvalue weighted by atomic mass is 35.5. The Kier molecular flexibility index (Phi) is 6.86. The second kappa shape index (κ2) is 11.0. The Bertz CT molecular complexity index is 1970. The summed E-state index contributed by atoms with van der Waals surface area (Å²) in [5, 5.41) is 1.16. The molecule has 1 amide bonds. The number of carbonyl (C=O) groups excluding carboxylic acids is 1. The van der Waals surface area contributed by atoms with Crippen LogP contribution in [0.2, 0.25) is 5.02 Å². The molecule has 204 valence electrons. The highest BCUT2D eigenvalue weighted by Crippen LogP contribution is 2.42. The van der Waals surface area contributed by atoms with E-state index in [-0.39, 0.29) is 16.8 Å². The molecule has 1 unspecified atom stereocenters. The fraction of sp³-hybridized carbons (Fsp3) is 0.0571. The van der Waals surface area contributed by atoms with Crippen molar-refractivity contribution < 1.29 is 4.79 Å². The third kappa shape index (κ3) is 4.79. The zero-order valence-electron chi connectivity index (χ0n) is 22.4. The van der Waals surface area contributed by atoms with Gasteiger partial charge in [0.05, 0.1) is 22.3 Å². The predicted molar refractivity (Wildman–Crippen MR) is 172 cm³/mol. The summed E-state index contributed by atoms with van der Waals surface area (Å²) >= 11 is 7.69. The van der Waals surface area contributed by atoms with E-state index in [2.05, 4.69) is 0 Å². The van der Waals surface area contributed by atoms with E-state index >= 15 is 0 Å². The van der Waals surface area contributed by atoms with Gasteiger partial charge in [-0.05, 0) is 65.2 Å². The number of anilines is 1. The Balaban J connectivity index is 1.22. The van der Waals surface area contributed by atoms with Crippen molar-refractivity contribution in [2.24, 2.45) is 0 Å². The molecule has 6 aromatic rings. The van der Waals surface area contributed by atoms with Gasteiger partial charge in [-0.3, -0.25) is 19.1 Å². The molecule has 42 heavy (non-hydrogen) atoms. The number of nitrogens with zero attached hydrogens (tertiary/aromatic N) is 3. The number of rotatable bonds is 5. The molecule has 1 aliphatic heterocycles. The van der Waals surface area contributed by atoms with Crippen molar-refractivity contribution >= 4 is 45.9 Å². The van der Waals surface area contributed by atoms with Gasteiger partial charge >= 0.3 is 0 Å². The van der Waals surface area contributed by atoms with Crippen LogP contribution < -0.4 is 10.5 Å². The van der Waals surface area contributed by atoms with Crippen LogP contribution >= 0.6 is 23.4 Å².